The molecule has 3 aliphatic rings. The number of hydrogen-bond acceptors (Lipinski definition) is 5. The predicted octanol–water partition coefficient (Wildman–Crippen LogP) is 5.33. The lowest BCUT2D eigenvalue weighted by atomic mass is 9.74. The Balaban J connectivity index is 1.31. The highest BCUT2D eigenvalue weighted by Gasteiger charge is 2.38. The summed E-state index contributed by atoms with van der Waals surface area (Å²) < 4.78 is 5.42. The summed E-state index contributed by atoms with van der Waals surface area (Å²) in [7, 11) is 1.72. The topological polar surface area (TPSA) is 50.6 Å². The molecule has 0 atom stereocenters. The van der Waals surface area contributed by atoms with Gasteiger partial charge in [-0.05, 0) is 50.0 Å². The van der Waals surface area contributed by atoms with Gasteiger partial charge in [-0.25, -0.2) is 9.97 Å². The number of ether oxygens (including phenoxy) is 1. The van der Waals surface area contributed by atoms with Crippen LogP contribution in [0.3, 0.4) is 0 Å². The molecule has 0 saturated carbocycles. The van der Waals surface area contributed by atoms with Crippen LogP contribution < -0.4 is 9.64 Å². The van der Waals surface area contributed by atoms with E-state index >= 15 is 0 Å². The van der Waals surface area contributed by atoms with E-state index in [0.29, 0.717) is 0 Å². The number of fused-ring (bicyclic) bond motifs is 1. The molecule has 2 aromatic rings. The second-order valence-corrected chi connectivity index (χ2v) is 9.30. The summed E-state index contributed by atoms with van der Waals surface area (Å²) in [4.78, 5) is 16.7. The van der Waals surface area contributed by atoms with E-state index in [4.69, 9.17) is 9.73 Å². The monoisotopic (exact) mass is 414 g/mol. The van der Waals surface area contributed by atoms with E-state index in [2.05, 4.69) is 59.9 Å². The first-order chi connectivity index (χ1) is 15.0. The van der Waals surface area contributed by atoms with Gasteiger partial charge in [0.1, 0.15) is 17.9 Å². The average molecular weight is 415 g/mol. The van der Waals surface area contributed by atoms with Gasteiger partial charge in [-0.2, -0.15) is 0 Å². The minimum Gasteiger partial charge on any atom is -0.497 e. The van der Waals surface area contributed by atoms with E-state index < -0.39 is 0 Å². The molecule has 1 aromatic carbocycles. The zero-order chi connectivity index (χ0) is 21.6. The van der Waals surface area contributed by atoms with Crippen molar-refractivity contribution in [3.8, 4) is 5.75 Å². The van der Waals surface area contributed by atoms with Crippen LogP contribution in [0.15, 0.2) is 46.9 Å². The molecule has 5 heteroatoms. The van der Waals surface area contributed by atoms with E-state index in [1.165, 1.54) is 33.7 Å². The zero-order valence-electron chi connectivity index (χ0n) is 18.9. The number of anilines is 1. The van der Waals surface area contributed by atoms with Crippen LogP contribution in [-0.2, 0) is 6.42 Å². The van der Waals surface area contributed by atoms with Crippen LogP contribution in [0.2, 0.25) is 0 Å². The normalized spacial score (nSPS) is 19.9. The third-order valence-corrected chi connectivity index (χ3v) is 7.15. The fourth-order valence-electron chi connectivity index (χ4n) is 5.10. The predicted molar refractivity (Wildman–Crippen MR) is 127 cm³/mol. The van der Waals surface area contributed by atoms with Crippen LogP contribution in [0.5, 0.6) is 5.75 Å². The summed E-state index contributed by atoms with van der Waals surface area (Å²) in [5, 5.41) is 0. The number of benzene rings is 1. The van der Waals surface area contributed by atoms with E-state index in [1.54, 1.807) is 13.4 Å². The lowest BCUT2D eigenvalue weighted by Crippen LogP contribution is -2.43. The molecule has 0 N–H and O–H groups in total. The van der Waals surface area contributed by atoms with E-state index in [0.717, 1.165) is 56.0 Å². The van der Waals surface area contributed by atoms with Crippen molar-refractivity contribution in [1.29, 1.82) is 0 Å². The molecule has 0 spiro atoms. The first-order valence-corrected chi connectivity index (χ1v) is 11.1. The van der Waals surface area contributed by atoms with Gasteiger partial charge >= 0.3 is 0 Å². The van der Waals surface area contributed by atoms with Crippen molar-refractivity contribution in [2.45, 2.75) is 46.5 Å². The third-order valence-electron chi connectivity index (χ3n) is 7.15. The largest absolute Gasteiger partial charge is 0.497 e. The van der Waals surface area contributed by atoms with Crippen molar-refractivity contribution in [1.82, 2.24) is 9.97 Å². The highest BCUT2D eigenvalue weighted by Crippen LogP contribution is 2.42. The van der Waals surface area contributed by atoms with Gasteiger partial charge in [-0.15, -0.1) is 0 Å². The number of allylic oxidation sites excluding steroid dienone is 3. The molecule has 1 aliphatic carbocycles. The maximum Gasteiger partial charge on any atom is 0.139 e. The maximum absolute atomic E-state index is 5.42. The minimum absolute atomic E-state index is 0.125. The highest BCUT2D eigenvalue weighted by molar-refractivity contribution is 6.03. The summed E-state index contributed by atoms with van der Waals surface area (Å²) in [5.41, 5.74) is 8.89. The Morgan fingerprint density at radius 1 is 1.06 bits per heavy atom. The van der Waals surface area contributed by atoms with Crippen molar-refractivity contribution in [2.24, 2.45) is 10.4 Å². The molecular formula is C26H30N4O. The number of piperidine rings is 1. The number of nitrogens with zero attached hydrogens (tertiary/aromatic N) is 4. The van der Waals surface area contributed by atoms with Crippen LogP contribution >= 0.6 is 0 Å². The molecule has 31 heavy (non-hydrogen) atoms. The van der Waals surface area contributed by atoms with Crippen molar-refractivity contribution in [3.05, 3.63) is 58.7 Å². The van der Waals surface area contributed by atoms with Gasteiger partial charge in [-0.1, -0.05) is 30.7 Å². The number of rotatable bonds is 4. The van der Waals surface area contributed by atoms with E-state index in [9.17, 15) is 0 Å². The lowest BCUT2D eigenvalue weighted by Gasteiger charge is -2.40. The molecule has 1 fully saturated rings. The average Bonchev–Trinajstić information content (AvgIpc) is 3.36. The molecular weight excluding hydrogens is 384 g/mol. The Kier molecular flexibility index (Phi) is 4.92. The molecule has 5 rings (SSSR count). The van der Waals surface area contributed by atoms with Gasteiger partial charge in [0, 0.05) is 48.3 Å². The SMILES string of the molecule is COc1cccc(C2=C(C)N=C(C3(C)CCN(c4ncnc5c4C=C(C)C5)CC3)C2)c1. The van der Waals surface area contributed by atoms with Gasteiger partial charge < -0.3 is 9.64 Å². The Hall–Kier alpha value is -2.95. The second-order valence-electron chi connectivity index (χ2n) is 9.30. The van der Waals surface area contributed by atoms with Crippen molar-refractivity contribution in [3.63, 3.8) is 0 Å². The summed E-state index contributed by atoms with van der Waals surface area (Å²) in [6.07, 6.45) is 8.04. The standard InChI is InChI=1S/C26H30N4O/c1-17-12-22-23(13-17)27-16-28-25(22)30-10-8-26(3,9-11-30)24-15-21(18(2)29-24)19-6-5-7-20(14-19)31-4/h5-7,12,14,16H,8-11,13,15H2,1-4H3. The van der Waals surface area contributed by atoms with Crippen LogP contribution in [-0.4, -0.2) is 35.9 Å². The van der Waals surface area contributed by atoms with Gasteiger partial charge in [0.2, 0.25) is 0 Å². The second kappa shape index (κ2) is 7.63. The van der Waals surface area contributed by atoms with E-state index in [1.807, 2.05) is 6.07 Å². The molecule has 0 unspecified atom stereocenters. The zero-order valence-corrected chi connectivity index (χ0v) is 18.9. The molecule has 5 nitrogen and oxygen atoms in total. The third kappa shape index (κ3) is 3.56. The number of aromatic nitrogens is 2. The Morgan fingerprint density at radius 2 is 1.87 bits per heavy atom. The molecule has 160 valence electrons. The van der Waals surface area contributed by atoms with Crippen molar-refractivity contribution in [2.75, 3.05) is 25.1 Å². The number of methoxy groups -OCH3 is 1. The number of aliphatic imine (C=N–C) groups is 1. The lowest BCUT2D eigenvalue weighted by molar-refractivity contribution is 0.351. The summed E-state index contributed by atoms with van der Waals surface area (Å²) in [6, 6.07) is 8.33. The quantitative estimate of drug-likeness (QED) is 0.679. The van der Waals surface area contributed by atoms with Crippen LogP contribution in [0.1, 0.15) is 56.9 Å². The maximum atomic E-state index is 5.42. The molecule has 3 heterocycles. The fourth-order valence-corrected chi connectivity index (χ4v) is 5.10. The van der Waals surface area contributed by atoms with Gasteiger partial charge in [0.15, 0.2) is 0 Å². The van der Waals surface area contributed by atoms with Crippen molar-refractivity contribution >= 4 is 23.2 Å². The highest BCUT2D eigenvalue weighted by atomic mass is 16.5. The smallest absolute Gasteiger partial charge is 0.139 e. The van der Waals surface area contributed by atoms with Gasteiger partial charge in [0.25, 0.3) is 0 Å². The summed E-state index contributed by atoms with van der Waals surface area (Å²) in [5.74, 6) is 2.00. The minimum atomic E-state index is 0.125. The van der Waals surface area contributed by atoms with Crippen molar-refractivity contribution < 1.29 is 4.74 Å². The summed E-state index contributed by atoms with van der Waals surface area (Å²) >= 11 is 0. The molecule has 1 saturated heterocycles. The first kappa shape index (κ1) is 20.0. The fraction of sp³-hybridized carbons (Fsp3) is 0.423. The summed E-state index contributed by atoms with van der Waals surface area (Å²) in [6.45, 7) is 8.70. The molecule has 2 aliphatic heterocycles. The first-order valence-electron chi connectivity index (χ1n) is 11.1. The van der Waals surface area contributed by atoms with Crippen LogP contribution in [0.4, 0.5) is 5.82 Å². The van der Waals surface area contributed by atoms with E-state index in [-0.39, 0.29) is 5.41 Å². The molecule has 0 radical (unpaired) electrons. The molecule has 0 bridgehead atoms. The molecule has 1 aromatic heterocycles. The van der Waals surface area contributed by atoms with Gasteiger partial charge in [0.05, 0.1) is 12.8 Å². The Morgan fingerprint density at radius 3 is 2.65 bits per heavy atom. The molecule has 0 amide bonds. The Labute approximate surface area is 184 Å². The number of hydrogen-bond donors (Lipinski definition) is 0. The Bertz CT molecular complexity index is 1120. The van der Waals surface area contributed by atoms with Crippen LogP contribution in [0, 0.1) is 5.41 Å². The van der Waals surface area contributed by atoms with Gasteiger partial charge in [-0.3, -0.25) is 4.99 Å². The van der Waals surface area contributed by atoms with Crippen LogP contribution in [0.25, 0.3) is 11.6 Å².